The molecule has 1 N–H and O–H groups in total. The fourth-order valence-electron chi connectivity index (χ4n) is 6.60. The molecule has 0 bridgehead atoms. The zero-order valence-electron chi connectivity index (χ0n) is 19.7. The Kier molecular flexibility index (Phi) is 5.69. The molecule has 2 heterocycles. The molecular formula is C29H30ClN3S. The number of fused-ring (bicyclic) bond motifs is 2. The van der Waals surface area contributed by atoms with Crippen molar-refractivity contribution < 1.29 is 0 Å². The molecule has 3 nitrogen and oxygen atoms in total. The van der Waals surface area contributed by atoms with E-state index >= 15 is 0 Å². The van der Waals surface area contributed by atoms with Crippen LogP contribution in [0.3, 0.4) is 0 Å². The predicted octanol–water partition coefficient (Wildman–Crippen LogP) is 8.22. The summed E-state index contributed by atoms with van der Waals surface area (Å²) in [5.74, 6) is 2.49. The van der Waals surface area contributed by atoms with Crippen LogP contribution in [-0.4, -0.2) is 20.2 Å². The molecule has 2 aromatic carbocycles. The number of nitrogens with one attached hydrogen (secondary N) is 1. The maximum atomic E-state index is 6.21. The lowest BCUT2D eigenvalue weighted by Crippen LogP contribution is -2.28. The van der Waals surface area contributed by atoms with Gasteiger partial charge in [-0.05, 0) is 83.3 Å². The zero-order valence-corrected chi connectivity index (χ0v) is 21.3. The van der Waals surface area contributed by atoms with Crippen LogP contribution in [0.1, 0.15) is 44.0 Å². The van der Waals surface area contributed by atoms with Gasteiger partial charge in [0, 0.05) is 17.2 Å². The summed E-state index contributed by atoms with van der Waals surface area (Å²) in [6, 6.07) is 21.4. The first-order valence-corrected chi connectivity index (χ1v) is 14.1. The van der Waals surface area contributed by atoms with E-state index in [0.29, 0.717) is 16.6 Å². The van der Waals surface area contributed by atoms with Crippen LogP contribution in [0.15, 0.2) is 60.7 Å². The summed E-state index contributed by atoms with van der Waals surface area (Å²) in [6.45, 7) is 4.63. The minimum absolute atomic E-state index is 0.389. The maximum absolute atomic E-state index is 6.21. The second-order valence-electron chi connectivity index (χ2n) is 10.4. The van der Waals surface area contributed by atoms with E-state index in [1.807, 2.05) is 6.07 Å². The molecule has 4 atom stereocenters. The minimum Gasteiger partial charge on any atom is -0.341 e. The van der Waals surface area contributed by atoms with Crippen molar-refractivity contribution in [3.05, 3.63) is 72.1 Å². The first kappa shape index (κ1) is 22.2. The lowest BCUT2D eigenvalue weighted by molar-refractivity contribution is 0.190. The van der Waals surface area contributed by atoms with Crippen LogP contribution in [0.2, 0.25) is 0 Å². The number of imidazole rings is 1. The highest BCUT2D eigenvalue weighted by molar-refractivity contribution is 8.21. The Labute approximate surface area is 210 Å². The second-order valence-corrected chi connectivity index (χ2v) is 11.7. The summed E-state index contributed by atoms with van der Waals surface area (Å²) in [4.78, 5) is 13.5. The fourth-order valence-corrected chi connectivity index (χ4v) is 8.02. The Bertz CT molecular complexity index is 1320. The van der Waals surface area contributed by atoms with Gasteiger partial charge in [0.25, 0.3) is 0 Å². The van der Waals surface area contributed by atoms with Crippen LogP contribution < -0.4 is 0 Å². The van der Waals surface area contributed by atoms with Crippen LogP contribution in [0.25, 0.3) is 33.5 Å². The molecule has 4 aromatic rings. The molecule has 0 aliphatic heterocycles. The van der Waals surface area contributed by atoms with Crippen LogP contribution in [-0.2, 0) is 6.42 Å². The van der Waals surface area contributed by atoms with Gasteiger partial charge in [0.2, 0.25) is 0 Å². The maximum Gasteiger partial charge on any atom is 0.178 e. The molecule has 6 rings (SSSR count). The van der Waals surface area contributed by atoms with E-state index in [2.05, 4.69) is 73.4 Å². The first-order chi connectivity index (χ1) is 16.5. The molecule has 2 unspecified atom stereocenters. The Balaban J connectivity index is 1.26. The number of hydrogen-bond donors (Lipinski definition) is 1. The highest BCUT2D eigenvalue weighted by atomic mass is 35.7. The van der Waals surface area contributed by atoms with Crippen molar-refractivity contribution in [2.45, 2.75) is 51.2 Å². The van der Waals surface area contributed by atoms with Crippen molar-refractivity contribution in [2.75, 3.05) is 0 Å². The number of aromatic amines is 1. The number of hydrogen-bond acceptors (Lipinski definition) is 3. The predicted molar refractivity (Wildman–Crippen MR) is 144 cm³/mol. The van der Waals surface area contributed by atoms with Crippen molar-refractivity contribution in [3.8, 4) is 22.4 Å². The normalized spacial score (nSPS) is 26.3. The van der Waals surface area contributed by atoms with Crippen molar-refractivity contribution in [2.24, 2.45) is 17.3 Å². The molecule has 2 aliphatic rings. The van der Waals surface area contributed by atoms with Gasteiger partial charge >= 0.3 is 0 Å². The summed E-state index contributed by atoms with van der Waals surface area (Å²) in [5, 5.41) is 0.618. The van der Waals surface area contributed by atoms with Crippen LogP contribution in [0.5, 0.6) is 0 Å². The number of H-pyrrole nitrogens is 1. The molecule has 2 fully saturated rings. The number of rotatable bonds is 5. The standard InChI is InChI=1S/C29H30ClN3S/c1-18-16-24-28(33-27(18)21-10-8-20(9-11-21)19-6-4-3-5-7-19)32-26(31-24)17-22-12-13-23-25(34-30)14-15-29(22,23)2/h3-11,16,22-23,25H,12-15,17H2,1-2H3,(H,31,32,33)/t22?,23-,25?,29-/m1/s1. The van der Waals surface area contributed by atoms with Crippen LogP contribution in [0, 0.1) is 24.2 Å². The topological polar surface area (TPSA) is 41.6 Å². The van der Waals surface area contributed by atoms with Gasteiger partial charge in [0.1, 0.15) is 5.82 Å². The van der Waals surface area contributed by atoms with Gasteiger partial charge in [-0.15, -0.1) is 0 Å². The Morgan fingerprint density at radius 3 is 2.47 bits per heavy atom. The molecule has 2 saturated carbocycles. The lowest BCUT2D eigenvalue weighted by Gasteiger charge is -2.32. The van der Waals surface area contributed by atoms with Crippen LogP contribution in [0.4, 0.5) is 0 Å². The monoisotopic (exact) mass is 487 g/mol. The highest BCUT2D eigenvalue weighted by Gasteiger charge is 2.53. The molecule has 5 heteroatoms. The summed E-state index contributed by atoms with van der Waals surface area (Å²) in [7, 11) is 7.77. The average Bonchev–Trinajstić information content (AvgIpc) is 3.51. The van der Waals surface area contributed by atoms with E-state index < -0.39 is 0 Å². The quantitative estimate of drug-likeness (QED) is 0.308. The molecule has 0 amide bonds. The minimum atomic E-state index is 0.389. The van der Waals surface area contributed by atoms with Gasteiger partial charge in [0.05, 0.1) is 11.2 Å². The zero-order chi connectivity index (χ0) is 23.3. The molecule has 34 heavy (non-hydrogen) atoms. The van der Waals surface area contributed by atoms with E-state index in [1.54, 1.807) is 11.0 Å². The Hall–Kier alpha value is -2.30. The van der Waals surface area contributed by atoms with Crippen molar-refractivity contribution >= 4 is 32.8 Å². The first-order valence-electron chi connectivity index (χ1n) is 12.3. The highest BCUT2D eigenvalue weighted by Crippen LogP contribution is 2.61. The molecule has 0 saturated heterocycles. The van der Waals surface area contributed by atoms with Crippen molar-refractivity contribution in [1.82, 2.24) is 15.0 Å². The van der Waals surface area contributed by atoms with Gasteiger partial charge in [0.15, 0.2) is 5.65 Å². The smallest absolute Gasteiger partial charge is 0.178 e. The molecule has 2 aromatic heterocycles. The number of aromatic nitrogens is 3. The van der Waals surface area contributed by atoms with Gasteiger partial charge in [-0.2, -0.15) is 0 Å². The third-order valence-corrected chi connectivity index (χ3v) is 10.0. The van der Waals surface area contributed by atoms with Gasteiger partial charge in [-0.25, -0.2) is 9.97 Å². The molecular weight excluding hydrogens is 458 g/mol. The van der Waals surface area contributed by atoms with E-state index in [0.717, 1.165) is 40.6 Å². The summed E-state index contributed by atoms with van der Waals surface area (Å²) in [5.41, 5.74) is 8.01. The van der Waals surface area contributed by atoms with Gasteiger partial charge in [-0.1, -0.05) is 72.5 Å². The Morgan fingerprint density at radius 2 is 1.71 bits per heavy atom. The lowest BCUT2D eigenvalue weighted by atomic mass is 9.74. The largest absolute Gasteiger partial charge is 0.341 e. The van der Waals surface area contributed by atoms with E-state index in [-0.39, 0.29) is 0 Å². The number of halogens is 1. The van der Waals surface area contributed by atoms with Crippen molar-refractivity contribution in [1.29, 1.82) is 0 Å². The average molecular weight is 488 g/mol. The molecule has 174 valence electrons. The number of pyridine rings is 1. The summed E-state index contributed by atoms with van der Waals surface area (Å²) in [6.07, 6.45) is 6.11. The number of aryl methyl sites for hydroxylation is 1. The molecule has 0 radical (unpaired) electrons. The van der Waals surface area contributed by atoms with E-state index in [4.69, 9.17) is 20.7 Å². The van der Waals surface area contributed by atoms with E-state index in [1.165, 1.54) is 42.4 Å². The van der Waals surface area contributed by atoms with Crippen LogP contribution >= 0.6 is 21.7 Å². The Morgan fingerprint density at radius 1 is 0.971 bits per heavy atom. The second kappa shape index (κ2) is 8.73. The van der Waals surface area contributed by atoms with Gasteiger partial charge in [-0.3, -0.25) is 0 Å². The number of benzene rings is 2. The fraction of sp³-hybridized carbons (Fsp3) is 0.379. The summed E-state index contributed by atoms with van der Waals surface area (Å²) < 4.78 is 0. The van der Waals surface area contributed by atoms with Gasteiger partial charge < -0.3 is 4.98 Å². The SMILES string of the molecule is Cc1cc2[nH]c(CC3CC[C@@H]4C(SCl)CC[C@]34C)nc2nc1-c1ccc(-c2ccccc2)cc1. The van der Waals surface area contributed by atoms with Crippen molar-refractivity contribution in [3.63, 3.8) is 0 Å². The summed E-state index contributed by atoms with van der Waals surface area (Å²) >= 11 is 0. The third-order valence-electron chi connectivity index (χ3n) is 8.55. The molecule has 0 spiro atoms. The number of nitrogens with zero attached hydrogens (tertiary/aromatic N) is 2. The van der Waals surface area contributed by atoms with E-state index in [9.17, 15) is 0 Å². The molecule has 2 aliphatic carbocycles. The third kappa shape index (κ3) is 3.76.